The number of amides is 1. The number of nitrogens with zero attached hydrogens (tertiary/aromatic N) is 1. The van der Waals surface area contributed by atoms with Crippen molar-refractivity contribution >= 4 is 17.2 Å². The molecule has 3 nitrogen and oxygen atoms in total. The molecule has 5 rings (SSSR count). The number of aliphatic hydroxyl groups is 1. The summed E-state index contributed by atoms with van der Waals surface area (Å²) in [5.74, 6) is -0.726. The minimum absolute atomic E-state index is 0.000630. The summed E-state index contributed by atoms with van der Waals surface area (Å²) in [7, 11) is 0. The Morgan fingerprint density at radius 3 is 2.39 bits per heavy atom. The molecule has 2 unspecified atom stereocenters. The Morgan fingerprint density at radius 2 is 1.71 bits per heavy atom. The van der Waals surface area contributed by atoms with Crippen molar-refractivity contribution in [1.82, 2.24) is 0 Å². The zero-order valence-corrected chi connectivity index (χ0v) is 16.9. The lowest BCUT2D eigenvalue weighted by atomic mass is 9.78. The minimum Gasteiger partial charge on any atom is -0.508 e. The molecular formula is C26H21F2NO2. The quantitative estimate of drug-likeness (QED) is 0.646. The van der Waals surface area contributed by atoms with Gasteiger partial charge in [0.2, 0.25) is 5.91 Å². The van der Waals surface area contributed by atoms with Gasteiger partial charge < -0.3 is 10.0 Å². The Balaban J connectivity index is 1.48. The largest absolute Gasteiger partial charge is 0.508 e. The van der Waals surface area contributed by atoms with E-state index in [0.29, 0.717) is 12.1 Å². The first-order valence-corrected chi connectivity index (χ1v) is 10.2. The number of benzene rings is 2. The summed E-state index contributed by atoms with van der Waals surface area (Å²) in [4.78, 5) is 15.0. The minimum atomic E-state index is -0.498. The predicted molar refractivity (Wildman–Crippen MR) is 116 cm³/mol. The Morgan fingerprint density at radius 1 is 1.06 bits per heavy atom. The van der Waals surface area contributed by atoms with Gasteiger partial charge in [-0.3, -0.25) is 4.79 Å². The van der Waals surface area contributed by atoms with Crippen LogP contribution in [-0.4, -0.2) is 16.6 Å². The van der Waals surface area contributed by atoms with Crippen LogP contribution in [0.2, 0.25) is 0 Å². The molecule has 3 aliphatic rings. The molecule has 1 saturated heterocycles. The van der Waals surface area contributed by atoms with Crippen molar-refractivity contribution in [3.05, 3.63) is 107 Å². The monoisotopic (exact) mass is 417 g/mol. The number of halogens is 2. The van der Waals surface area contributed by atoms with E-state index in [2.05, 4.69) is 0 Å². The fourth-order valence-corrected chi connectivity index (χ4v) is 4.93. The number of hydrogen-bond acceptors (Lipinski definition) is 2. The van der Waals surface area contributed by atoms with E-state index < -0.39 is 5.54 Å². The highest BCUT2D eigenvalue weighted by Gasteiger charge is 2.76. The summed E-state index contributed by atoms with van der Waals surface area (Å²) in [6, 6.07) is 12.3. The third-order valence-corrected chi connectivity index (χ3v) is 6.55. The van der Waals surface area contributed by atoms with Gasteiger partial charge in [0.15, 0.2) is 0 Å². The average molecular weight is 417 g/mol. The van der Waals surface area contributed by atoms with Gasteiger partial charge in [0.05, 0.1) is 11.5 Å². The average Bonchev–Trinajstić information content (AvgIpc) is 3.45. The van der Waals surface area contributed by atoms with Crippen molar-refractivity contribution in [2.75, 3.05) is 4.90 Å². The molecule has 3 atom stereocenters. The van der Waals surface area contributed by atoms with Crippen LogP contribution in [0.4, 0.5) is 14.5 Å². The highest BCUT2D eigenvalue weighted by molar-refractivity contribution is 6.09. The standard InChI is InChI=1S/C26H21F2NO2/c1-16(17-3-5-18(27)6-4-17)2-13-24-25(31)29(20-9-7-19(28)8-10-20)26(24)22-14-11-21(30)12-15-23(22)26/h2-12,14-15,22,24,30H,13H2,1H3/b16-2+/t22?,24-,26?/m0/s1. The van der Waals surface area contributed by atoms with Gasteiger partial charge in [-0.15, -0.1) is 0 Å². The maximum Gasteiger partial charge on any atom is 0.234 e. The second kappa shape index (κ2) is 7.05. The molecule has 1 heterocycles. The van der Waals surface area contributed by atoms with Crippen molar-refractivity contribution in [2.24, 2.45) is 11.8 Å². The number of allylic oxidation sites excluding steroid dienone is 5. The highest BCUT2D eigenvalue weighted by atomic mass is 19.1. The van der Waals surface area contributed by atoms with Crippen LogP contribution in [0.25, 0.3) is 5.57 Å². The lowest BCUT2D eigenvalue weighted by Crippen LogP contribution is -2.65. The van der Waals surface area contributed by atoms with Gasteiger partial charge in [0.25, 0.3) is 0 Å². The van der Waals surface area contributed by atoms with Crippen LogP contribution < -0.4 is 4.90 Å². The Kier molecular flexibility index (Phi) is 4.43. The molecule has 2 aliphatic carbocycles. The molecule has 2 aromatic rings. The van der Waals surface area contributed by atoms with Gasteiger partial charge >= 0.3 is 0 Å². The number of fused-ring (bicyclic) bond motifs is 3. The molecule has 1 saturated carbocycles. The zero-order chi connectivity index (χ0) is 21.8. The number of carbonyl (C=O) groups is 1. The smallest absolute Gasteiger partial charge is 0.234 e. The number of rotatable bonds is 4. The molecule has 1 amide bonds. The Labute approximate surface area is 179 Å². The summed E-state index contributed by atoms with van der Waals surface area (Å²) in [6.45, 7) is 1.95. The van der Waals surface area contributed by atoms with E-state index in [9.17, 15) is 18.7 Å². The van der Waals surface area contributed by atoms with E-state index in [0.717, 1.165) is 16.7 Å². The first kappa shape index (κ1) is 19.5. The summed E-state index contributed by atoms with van der Waals surface area (Å²) in [6.07, 6.45) is 9.67. The lowest BCUT2D eigenvalue weighted by Gasteiger charge is -2.49. The van der Waals surface area contributed by atoms with Crippen molar-refractivity contribution < 1.29 is 18.7 Å². The molecule has 1 N–H and O–H groups in total. The molecule has 1 aliphatic heterocycles. The van der Waals surface area contributed by atoms with E-state index in [4.69, 9.17) is 0 Å². The number of aliphatic hydroxyl groups excluding tert-OH is 1. The summed E-state index contributed by atoms with van der Waals surface area (Å²) < 4.78 is 26.7. The molecule has 2 aromatic carbocycles. The summed E-state index contributed by atoms with van der Waals surface area (Å²) in [5.41, 5.74) is 3.12. The van der Waals surface area contributed by atoms with Gasteiger partial charge in [-0.05, 0) is 78.6 Å². The second-order valence-corrected chi connectivity index (χ2v) is 8.21. The Bertz CT molecular complexity index is 1170. The molecule has 156 valence electrons. The lowest BCUT2D eigenvalue weighted by molar-refractivity contribution is -0.131. The number of carbonyl (C=O) groups excluding carboxylic acids is 1. The molecule has 1 spiro atoms. The third kappa shape index (κ3) is 2.95. The van der Waals surface area contributed by atoms with Crippen molar-refractivity contribution in [2.45, 2.75) is 18.9 Å². The SMILES string of the molecule is C/C(=C\C[C@H]1C(=O)N(c2ccc(F)cc2)C12C1=CC=C(O)C=CC12)c1ccc(F)cc1. The summed E-state index contributed by atoms with van der Waals surface area (Å²) >= 11 is 0. The van der Waals surface area contributed by atoms with Gasteiger partial charge in [0, 0.05) is 11.6 Å². The number of anilines is 1. The summed E-state index contributed by atoms with van der Waals surface area (Å²) in [5, 5.41) is 9.81. The van der Waals surface area contributed by atoms with Gasteiger partial charge in [0.1, 0.15) is 17.4 Å². The van der Waals surface area contributed by atoms with E-state index in [-0.39, 0.29) is 35.1 Å². The van der Waals surface area contributed by atoms with Crippen LogP contribution in [0.3, 0.4) is 0 Å². The normalized spacial score (nSPS) is 26.7. The van der Waals surface area contributed by atoms with E-state index >= 15 is 0 Å². The van der Waals surface area contributed by atoms with E-state index in [1.165, 1.54) is 24.3 Å². The van der Waals surface area contributed by atoms with E-state index in [1.807, 2.05) is 25.2 Å². The van der Waals surface area contributed by atoms with Crippen molar-refractivity contribution in [3.63, 3.8) is 0 Å². The molecule has 2 fully saturated rings. The zero-order valence-electron chi connectivity index (χ0n) is 16.9. The maximum atomic E-state index is 13.4. The maximum absolute atomic E-state index is 13.4. The Hall–Kier alpha value is -3.47. The first-order chi connectivity index (χ1) is 14.9. The molecular weight excluding hydrogens is 396 g/mol. The van der Waals surface area contributed by atoms with Crippen LogP contribution in [0.5, 0.6) is 0 Å². The van der Waals surface area contributed by atoms with Crippen LogP contribution in [-0.2, 0) is 4.79 Å². The molecule has 5 heteroatoms. The second-order valence-electron chi connectivity index (χ2n) is 8.21. The predicted octanol–water partition coefficient (Wildman–Crippen LogP) is 5.73. The van der Waals surface area contributed by atoms with Crippen LogP contribution in [0.15, 0.2) is 90.2 Å². The van der Waals surface area contributed by atoms with Gasteiger partial charge in [-0.1, -0.05) is 30.4 Å². The van der Waals surface area contributed by atoms with Gasteiger partial charge in [-0.25, -0.2) is 8.78 Å². The molecule has 31 heavy (non-hydrogen) atoms. The van der Waals surface area contributed by atoms with Crippen LogP contribution >= 0.6 is 0 Å². The molecule has 0 aromatic heterocycles. The molecule has 0 radical (unpaired) electrons. The third-order valence-electron chi connectivity index (χ3n) is 6.55. The van der Waals surface area contributed by atoms with Crippen molar-refractivity contribution in [3.8, 4) is 0 Å². The topological polar surface area (TPSA) is 40.5 Å². The van der Waals surface area contributed by atoms with Crippen LogP contribution in [0, 0.1) is 23.5 Å². The fourth-order valence-electron chi connectivity index (χ4n) is 4.93. The van der Waals surface area contributed by atoms with Crippen LogP contribution in [0.1, 0.15) is 18.9 Å². The first-order valence-electron chi connectivity index (χ1n) is 10.2. The number of β-lactam (4-membered cyclic amide) rings is 1. The fraction of sp³-hybridized carbons (Fsp3) is 0.192. The highest BCUT2D eigenvalue weighted by Crippen LogP contribution is 2.67. The van der Waals surface area contributed by atoms with Gasteiger partial charge in [-0.2, -0.15) is 0 Å². The van der Waals surface area contributed by atoms with E-state index in [1.54, 1.807) is 41.3 Å². The number of hydrogen-bond donors (Lipinski definition) is 1. The van der Waals surface area contributed by atoms with Crippen molar-refractivity contribution in [1.29, 1.82) is 0 Å². The molecule has 0 bridgehead atoms.